The monoisotopic (exact) mass is 264 g/mol. The van der Waals surface area contributed by atoms with Crippen LogP contribution in [-0.2, 0) is 4.74 Å². The van der Waals surface area contributed by atoms with Gasteiger partial charge in [-0.25, -0.2) is 4.98 Å². The minimum Gasteiger partial charge on any atom is -0.383 e. The van der Waals surface area contributed by atoms with Gasteiger partial charge >= 0.3 is 0 Å². The van der Waals surface area contributed by atoms with Gasteiger partial charge in [0.25, 0.3) is 0 Å². The lowest BCUT2D eigenvalue weighted by Crippen LogP contribution is -2.36. The lowest BCUT2D eigenvalue weighted by atomic mass is 10.1. The van der Waals surface area contributed by atoms with Crippen LogP contribution in [0.2, 0.25) is 0 Å². The number of hydrogen-bond acceptors (Lipinski definition) is 4. The van der Waals surface area contributed by atoms with Gasteiger partial charge < -0.3 is 19.5 Å². The summed E-state index contributed by atoms with van der Waals surface area (Å²) in [5.41, 5.74) is 1.09. The van der Waals surface area contributed by atoms with Gasteiger partial charge in [0.1, 0.15) is 0 Å². The summed E-state index contributed by atoms with van der Waals surface area (Å²) in [6.07, 6.45) is 3.43. The number of imidazole rings is 1. The van der Waals surface area contributed by atoms with Gasteiger partial charge in [-0.3, -0.25) is 0 Å². The summed E-state index contributed by atoms with van der Waals surface area (Å²) in [4.78, 5) is 7.25. The van der Waals surface area contributed by atoms with Crippen molar-refractivity contribution in [1.29, 1.82) is 0 Å². The highest BCUT2D eigenvalue weighted by Gasteiger charge is 2.39. The number of nitrogens with one attached hydrogen (secondary N) is 1. The van der Waals surface area contributed by atoms with Gasteiger partial charge in [-0.2, -0.15) is 0 Å². The maximum absolute atomic E-state index is 5.29. The second-order valence-corrected chi connectivity index (χ2v) is 5.86. The lowest BCUT2D eigenvalue weighted by Gasteiger charge is -2.27. The molecule has 2 aliphatic heterocycles. The zero-order valence-corrected chi connectivity index (χ0v) is 12.1. The summed E-state index contributed by atoms with van der Waals surface area (Å²) < 4.78 is 7.57. The molecule has 5 heteroatoms. The lowest BCUT2D eigenvalue weighted by molar-refractivity contribution is 0.162. The number of nitrogens with zero attached hydrogens (tertiary/aromatic N) is 3. The summed E-state index contributed by atoms with van der Waals surface area (Å²) in [5.74, 6) is 1.92. The van der Waals surface area contributed by atoms with Crippen molar-refractivity contribution in [3.8, 4) is 0 Å². The molecule has 1 aromatic rings. The van der Waals surface area contributed by atoms with Crippen LogP contribution in [0.4, 0.5) is 5.95 Å². The van der Waals surface area contributed by atoms with E-state index in [-0.39, 0.29) is 0 Å². The van der Waals surface area contributed by atoms with Crippen molar-refractivity contribution in [3.05, 3.63) is 11.9 Å². The second kappa shape index (κ2) is 5.13. The van der Waals surface area contributed by atoms with Crippen molar-refractivity contribution in [3.63, 3.8) is 0 Å². The molecule has 0 saturated carbocycles. The number of ether oxygens (including phenoxy) is 1. The number of rotatable bonds is 4. The van der Waals surface area contributed by atoms with E-state index in [1.54, 1.807) is 7.11 Å². The Hall–Kier alpha value is -1.07. The SMILES string of the molecule is COCC(C)n1cc(C)nc1N1CC[C@H]2CNC[C@H]21. The molecule has 3 atom stereocenters. The van der Waals surface area contributed by atoms with Crippen molar-refractivity contribution in [2.45, 2.75) is 32.4 Å². The Morgan fingerprint density at radius 1 is 1.53 bits per heavy atom. The van der Waals surface area contributed by atoms with E-state index in [2.05, 4.69) is 34.8 Å². The van der Waals surface area contributed by atoms with Crippen LogP contribution in [0.3, 0.4) is 0 Å². The Balaban J connectivity index is 1.87. The Bertz CT molecular complexity index is 445. The van der Waals surface area contributed by atoms with Crippen molar-refractivity contribution < 1.29 is 4.74 Å². The fraction of sp³-hybridized carbons (Fsp3) is 0.786. The Kier molecular flexibility index (Phi) is 3.50. The fourth-order valence-corrected chi connectivity index (χ4v) is 3.46. The molecular formula is C14H24N4O. The predicted octanol–water partition coefficient (Wildman–Crippen LogP) is 1.20. The van der Waals surface area contributed by atoms with Crippen molar-refractivity contribution in [2.24, 2.45) is 5.92 Å². The van der Waals surface area contributed by atoms with E-state index in [4.69, 9.17) is 9.72 Å². The zero-order chi connectivity index (χ0) is 13.4. The summed E-state index contributed by atoms with van der Waals surface area (Å²) in [6.45, 7) is 8.37. The third-order valence-corrected chi connectivity index (χ3v) is 4.42. The summed E-state index contributed by atoms with van der Waals surface area (Å²) >= 11 is 0. The van der Waals surface area contributed by atoms with Gasteiger partial charge in [0, 0.05) is 39.0 Å². The zero-order valence-electron chi connectivity index (χ0n) is 12.1. The van der Waals surface area contributed by atoms with Crippen LogP contribution in [0.5, 0.6) is 0 Å². The molecule has 2 aliphatic rings. The van der Waals surface area contributed by atoms with Crippen molar-refractivity contribution >= 4 is 5.95 Å². The molecule has 19 heavy (non-hydrogen) atoms. The van der Waals surface area contributed by atoms with E-state index in [0.29, 0.717) is 12.1 Å². The first-order valence-electron chi connectivity index (χ1n) is 7.22. The Labute approximate surface area is 114 Å². The van der Waals surface area contributed by atoms with Gasteiger partial charge in [0.2, 0.25) is 5.95 Å². The molecule has 1 aromatic heterocycles. The van der Waals surface area contributed by atoms with Gasteiger partial charge in [-0.1, -0.05) is 0 Å². The number of hydrogen-bond donors (Lipinski definition) is 1. The molecule has 2 saturated heterocycles. The van der Waals surface area contributed by atoms with Gasteiger partial charge in [0.15, 0.2) is 0 Å². The first-order valence-corrected chi connectivity index (χ1v) is 7.22. The molecule has 1 unspecified atom stereocenters. The van der Waals surface area contributed by atoms with Crippen LogP contribution in [0.25, 0.3) is 0 Å². The number of methoxy groups -OCH3 is 1. The van der Waals surface area contributed by atoms with Crippen molar-refractivity contribution in [1.82, 2.24) is 14.9 Å². The third kappa shape index (κ3) is 2.25. The van der Waals surface area contributed by atoms with E-state index < -0.39 is 0 Å². The van der Waals surface area contributed by atoms with Crippen LogP contribution >= 0.6 is 0 Å². The molecule has 2 fully saturated rings. The number of fused-ring (bicyclic) bond motifs is 1. The largest absolute Gasteiger partial charge is 0.383 e. The van der Waals surface area contributed by atoms with Crippen LogP contribution < -0.4 is 10.2 Å². The highest BCUT2D eigenvalue weighted by Crippen LogP contribution is 2.32. The molecule has 3 rings (SSSR count). The average molecular weight is 264 g/mol. The normalized spacial score (nSPS) is 27.8. The summed E-state index contributed by atoms with van der Waals surface area (Å²) in [7, 11) is 1.76. The summed E-state index contributed by atoms with van der Waals surface area (Å²) in [5, 5.41) is 3.50. The van der Waals surface area contributed by atoms with E-state index in [1.807, 2.05) is 0 Å². The van der Waals surface area contributed by atoms with Crippen LogP contribution in [-0.4, -0.2) is 48.9 Å². The van der Waals surface area contributed by atoms with E-state index in [1.165, 1.54) is 6.42 Å². The highest BCUT2D eigenvalue weighted by molar-refractivity contribution is 5.39. The first kappa shape index (κ1) is 12.9. The van der Waals surface area contributed by atoms with Crippen LogP contribution in [0.1, 0.15) is 25.1 Å². The maximum atomic E-state index is 5.29. The predicted molar refractivity (Wildman–Crippen MR) is 75.7 cm³/mol. The Morgan fingerprint density at radius 3 is 3.16 bits per heavy atom. The third-order valence-electron chi connectivity index (χ3n) is 4.42. The molecule has 3 heterocycles. The van der Waals surface area contributed by atoms with E-state index in [0.717, 1.165) is 43.8 Å². The van der Waals surface area contributed by atoms with Crippen LogP contribution in [0.15, 0.2) is 6.20 Å². The molecule has 106 valence electrons. The molecule has 0 amide bonds. The maximum Gasteiger partial charge on any atom is 0.206 e. The van der Waals surface area contributed by atoms with Gasteiger partial charge in [-0.05, 0) is 26.2 Å². The molecular weight excluding hydrogens is 240 g/mol. The quantitative estimate of drug-likeness (QED) is 0.887. The molecule has 0 bridgehead atoms. The Morgan fingerprint density at radius 2 is 2.37 bits per heavy atom. The first-order chi connectivity index (χ1) is 9.20. The number of aromatic nitrogens is 2. The molecule has 0 radical (unpaired) electrons. The van der Waals surface area contributed by atoms with Crippen molar-refractivity contribution in [2.75, 3.05) is 38.3 Å². The van der Waals surface area contributed by atoms with Gasteiger partial charge in [0.05, 0.1) is 18.3 Å². The summed E-state index contributed by atoms with van der Waals surface area (Å²) in [6, 6.07) is 0.949. The van der Waals surface area contributed by atoms with Gasteiger partial charge in [-0.15, -0.1) is 0 Å². The standard InChI is InChI=1S/C14H24N4O/c1-10-8-18(11(2)9-19-3)14(16-10)17-5-4-12-6-15-7-13(12)17/h8,11-13,15H,4-7,9H2,1-3H3/t11?,12-,13+/m0/s1. The van der Waals surface area contributed by atoms with E-state index in [9.17, 15) is 0 Å². The second-order valence-electron chi connectivity index (χ2n) is 5.86. The smallest absolute Gasteiger partial charge is 0.206 e. The molecule has 0 aliphatic carbocycles. The minimum absolute atomic E-state index is 0.328. The van der Waals surface area contributed by atoms with Crippen LogP contribution in [0, 0.1) is 12.8 Å². The minimum atomic E-state index is 0.328. The average Bonchev–Trinajstić information content (AvgIpc) is 3.02. The molecule has 1 N–H and O–H groups in total. The number of anilines is 1. The molecule has 5 nitrogen and oxygen atoms in total. The molecule has 0 aromatic carbocycles. The highest BCUT2D eigenvalue weighted by atomic mass is 16.5. The fourth-order valence-electron chi connectivity index (χ4n) is 3.46. The number of aryl methyl sites for hydroxylation is 1. The topological polar surface area (TPSA) is 42.3 Å². The molecule has 0 spiro atoms. The van der Waals surface area contributed by atoms with E-state index >= 15 is 0 Å².